The van der Waals surface area contributed by atoms with E-state index in [9.17, 15) is 4.79 Å². The number of carbonyl (C=O) groups is 1. The molecule has 0 saturated carbocycles. The second-order valence-corrected chi connectivity index (χ2v) is 4.15. The summed E-state index contributed by atoms with van der Waals surface area (Å²) in [5, 5.41) is 5.82. The maximum absolute atomic E-state index is 11.7. The van der Waals surface area contributed by atoms with Crippen molar-refractivity contribution in [1.82, 2.24) is 5.32 Å². The van der Waals surface area contributed by atoms with Gasteiger partial charge < -0.3 is 20.1 Å². The second-order valence-electron chi connectivity index (χ2n) is 4.15. The Bertz CT molecular complexity index is 408. The van der Waals surface area contributed by atoms with Crippen LogP contribution < -0.4 is 15.4 Å². The van der Waals surface area contributed by atoms with E-state index < -0.39 is 0 Å². The van der Waals surface area contributed by atoms with Crippen LogP contribution >= 0.6 is 0 Å². The zero-order chi connectivity index (χ0) is 14.1. The number of amides is 1. The Morgan fingerprint density at radius 2 is 2.16 bits per heavy atom. The highest BCUT2D eigenvalue weighted by Crippen LogP contribution is 2.25. The van der Waals surface area contributed by atoms with Gasteiger partial charge in [0.15, 0.2) is 0 Å². The summed E-state index contributed by atoms with van der Waals surface area (Å²) < 4.78 is 10.4. The fourth-order valence-corrected chi connectivity index (χ4v) is 1.58. The van der Waals surface area contributed by atoms with E-state index in [1.807, 2.05) is 32.0 Å². The Balaban J connectivity index is 2.53. The number of carbonyl (C=O) groups excluding carboxylic acids is 1. The molecule has 19 heavy (non-hydrogen) atoms. The normalized spacial score (nSPS) is 10.3. The van der Waals surface area contributed by atoms with Crippen LogP contribution in [-0.2, 0) is 9.53 Å². The Morgan fingerprint density at radius 1 is 1.37 bits per heavy atom. The van der Waals surface area contributed by atoms with Crippen LogP contribution in [0.25, 0.3) is 0 Å². The lowest BCUT2D eigenvalue weighted by Gasteiger charge is -2.12. The highest BCUT2D eigenvalue weighted by molar-refractivity contribution is 5.93. The molecule has 0 bridgehead atoms. The molecular formula is C14H22N2O3. The van der Waals surface area contributed by atoms with Crippen LogP contribution in [-0.4, -0.2) is 39.3 Å². The van der Waals surface area contributed by atoms with Crippen molar-refractivity contribution >= 4 is 11.6 Å². The minimum atomic E-state index is -0.0964. The molecule has 0 unspecified atom stereocenters. The molecule has 0 aliphatic carbocycles. The van der Waals surface area contributed by atoms with E-state index in [1.165, 1.54) is 0 Å². The van der Waals surface area contributed by atoms with E-state index in [2.05, 4.69) is 10.6 Å². The lowest BCUT2D eigenvalue weighted by Crippen LogP contribution is -2.30. The monoisotopic (exact) mass is 266 g/mol. The molecule has 5 nitrogen and oxygen atoms in total. The van der Waals surface area contributed by atoms with Crippen LogP contribution in [0.15, 0.2) is 18.2 Å². The Morgan fingerprint density at radius 3 is 2.84 bits per heavy atom. The summed E-state index contributed by atoms with van der Waals surface area (Å²) >= 11 is 0. The van der Waals surface area contributed by atoms with Gasteiger partial charge >= 0.3 is 0 Å². The molecule has 5 heteroatoms. The maximum atomic E-state index is 11.7. The van der Waals surface area contributed by atoms with Gasteiger partial charge in [-0.3, -0.25) is 4.79 Å². The maximum Gasteiger partial charge on any atom is 0.238 e. The third kappa shape index (κ3) is 5.72. The second kappa shape index (κ2) is 8.50. The van der Waals surface area contributed by atoms with Gasteiger partial charge in [-0.15, -0.1) is 0 Å². The quantitative estimate of drug-likeness (QED) is 0.701. The Kier molecular flexibility index (Phi) is 6.92. The molecule has 0 heterocycles. The van der Waals surface area contributed by atoms with Crippen LogP contribution in [0.4, 0.5) is 5.69 Å². The highest BCUT2D eigenvalue weighted by Gasteiger charge is 2.07. The number of hydrogen-bond acceptors (Lipinski definition) is 4. The number of aryl methyl sites for hydroxylation is 1. The van der Waals surface area contributed by atoms with E-state index >= 15 is 0 Å². The zero-order valence-electron chi connectivity index (χ0n) is 11.8. The van der Waals surface area contributed by atoms with Crippen molar-refractivity contribution in [2.45, 2.75) is 13.8 Å². The molecule has 0 aromatic heterocycles. The zero-order valence-corrected chi connectivity index (χ0v) is 11.8. The topological polar surface area (TPSA) is 59.6 Å². The molecule has 0 radical (unpaired) electrons. The van der Waals surface area contributed by atoms with Gasteiger partial charge in [0, 0.05) is 13.7 Å². The average molecular weight is 266 g/mol. The molecule has 1 aromatic rings. The van der Waals surface area contributed by atoms with Crippen LogP contribution in [0.5, 0.6) is 5.75 Å². The first-order valence-electron chi connectivity index (χ1n) is 6.40. The number of methoxy groups -OCH3 is 1. The SMILES string of the molecule is CCOc1cc(C)ccc1NC(=O)CNCCOC. The third-order valence-electron chi connectivity index (χ3n) is 2.48. The number of nitrogens with one attached hydrogen (secondary N) is 2. The molecular weight excluding hydrogens is 244 g/mol. The third-order valence-corrected chi connectivity index (χ3v) is 2.48. The lowest BCUT2D eigenvalue weighted by molar-refractivity contribution is -0.115. The van der Waals surface area contributed by atoms with E-state index in [4.69, 9.17) is 9.47 Å². The standard InChI is InChI=1S/C14H22N2O3/c1-4-19-13-9-11(2)5-6-12(13)16-14(17)10-15-7-8-18-3/h5-6,9,15H,4,7-8,10H2,1-3H3,(H,16,17). The smallest absolute Gasteiger partial charge is 0.238 e. The van der Waals surface area contributed by atoms with Gasteiger partial charge in [0.25, 0.3) is 0 Å². The summed E-state index contributed by atoms with van der Waals surface area (Å²) in [5.41, 5.74) is 1.80. The van der Waals surface area contributed by atoms with Crippen molar-refractivity contribution in [2.24, 2.45) is 0 Å². The fraction of sp³-hybridized carbons (Fsp3) is 0.500. The van der Waals surface area contributed by atoms with Gasteiger partial charge in [-0.2, -0.15) is 0 Å². The summed E-state index contributed by atoms with van der Waals surface area (Å²) in [5.74, 6) is 0.605. The number of ether oxygens (including phenoxy) is 2. The van der Waals surface area contributed by atoms with Crippen molar-refractivity contribution < 1.29 is 14.3 Å². The molecule has 106 valence electrons. The van der Waals surface area contributed by atoms with Gasteiger partial charge in [-0.1, -0.05) is 6.07 Å². The summed E-state index contributed by atoms with van der Waals surface area (Å²) in [4.78, 5) is 11.7. The molecule has 1 rings (SSSR count). The van der Waals surface area contributed by atoms with Crippen molar-refractivity contribution in [1.29, 1.82) is 0 Å². The summed E-state index contributed by atoms with van der Waals surface area (Å²) in [7, 11) is 1.63. The van der Waals surface area contributed by atoms with Gasteiger partial charge in [0.05, 0.1) is 25.4 Å². The predicted octanol–water partition coefficient (Wildman–Crippen LogP) is 1.57. The first kappa shape index (κ1) is 15.5. The molecule has 0 aliphatic heterocycles. The number of hydrogen-bond donors (Lipinski definition) is 2. The largest absolute Gasteiger partial charge is 0.492 e. The van der Waals surface area contributed by atoms with Crippen LogP contribution in [0.3, 0.4) is 0 Å². The number of rotatable bonds is 8. The average Bonchev–Trinajstić information content (AvgIpc) is 2.38. The summed E-state index contributed by atoms with van der Waals surface area (Å²) in [6.45, 7) is 5.96. The van der Waals surface area contributed by atoms with Gasteiger partial charge in [0.2, 0.25) is 5.91 Å². The molecule has 1 aromatic carbocycles. The molecule has 0 atom stereocenters. The summed E-state index contributed by atoms with van der Waals surface area (Å²) in [6, 6.07) is 5.71. The first-order valence-corrected chi connectivity index (χ1v) is 6.40. The van der Waals surface area contributed by atoms with E-state index in [0.717, 1.165) is 5.56 Å². The molecule has 0 spiro atoms. The predicted molar refractivity (Wildman–Crippen MR) is 75.7 cm³/mol. The lowest BCUT2D eigenvalue weighted by atomic mass is 10.2. The molecule has 0 aliphatic rings. The minimum absolute atomic E-state index is 0.0964. The van der Waals surface area contributed by atoms with E-state index in [0.29, 0.717) is 31.2 Å². The highest BCUT2D eigenvalue weighted by atomic mass is 16.5. The van der Waals surface area contributed by atoms with E-state index in [-0.39, 0.29) is 12.5 Å². The van der Waals surface area contributed by atoms with Crippen LogP contribution in [0, 0.1) is 6.92 Å². The Labute approximate surface area is 114 Å². The fourth-order valence-electron chi connectivity index (χ4n) is 1.58. The van der Waals surface area contributed by atoms with Gasteiger partial charge in [-0.25, -0.2) is 0 Å². The van der Waals surface area contributed by atoms with Crippen LogP contribution in [0.2, 0.25) is 0 Å². The van der Waals surface area contributed by atoms with E-state index in [1.54, 1.807) is 7.11 Å². The van der Waals surface area contributed by atoms with Gasteiger partial charge in [0.1, 0.15) is 5.75 Å². The first-order chi connectivity index (χ1) is 9.17. The number of benzene rings is 1. The minimum Gasteiger partial charge on any atom is -0.492 e. The summed E-state index contributed by atoms with van der Waals surface area (Å²) in [6.07, 6.45) is 0. The van der Waals surface area contributed by atoms with Crippen molar-refractivity contribution in [2.75, 3.05) is 38.7 Å². The molecule has 2 N–H and O–H groups in total. The van der Waals surface area contributed by atoms with Crippen molar-refractivity contribution in [3.8, 4) is 5.75 Å². The van der Waals surface area contributed by atoms with Crippen molar-refractivity contribution in [3.05, 3.63) is 23.8 Å². The number of anilines is 1. The van der Waals surface area contributed by atoms with Crippen LogP contribution in [0.1, 0.15) is 12.5 Å². The molecule has 0 fully saturated rings. The Hall–Kier alpha value is -1.59. The van der Waals surface area contributed by atoms with Crippen molar-refractivity contribution in [3.63, 3.8) is 0 Å². The molecule has 0 saturated heterocycles. The van der Waals surface area contributed by atoms with Gasteiger partial charge in [-0.05, 0) is 31.5 Å². The molecule has 1 amide bonds.